The molecule has 0 radical (unpaired) electrons. The lowest BCUT2D eigenvalue weighted by molar-refractivity contribution is -0.118. The van der Waals surface area contributed by atoms with Crippen LogP contribution >= 0.6 is 11.6 Å². The van der Waals surface area contributed by atoms with Crippen molar-refractivity contribution in [3.63, 3.8) is 0 Å². The van der Waals surface area contributed by atoms with E-state index >= 15 is 0 Å². The number of hydrogen-bond acceptors (Lipinski definition) is 2. The lowest BCUT2D eigenvalue weighted by atomic mass is 10.1. The van der Waals surface area contributed by atoms with Gasteiger partial charge in [-0.15, -0.1) is 0 Å². The highest BCUT2D eigenvalue weighted by atomic mass is 35.5. The zero-order chi connectivity index (χ0) is 12.1. The van der Waals surface area contributed by atoms with E-state index in [-0.39, 0.29) is 5.91 Å². The van der Waals surface area contributed by atoms with Crippen LogP contribution in [0.4, 0.5) is 5.69 Å². The molecule has 0 saturated heterocycles. The molecule has 1 rings (SSSR count). The number of nitrogens with two attached hydrogens (primary N) is 1. The topological polar surface area (TPSA) is 55.1 Å². The quantitative estimate of drug-likeness (QED) is 0.795. The Morgan fingerprint density at radius 3 is 2.81 bits per heavy atom. The Kier molecular flexibility index (Phi) is 4.38. The Balaban J connectivity index is 2.71. The van der Waals surface area contributed by atoms with E-state index in [1.165, 1.54) is 6.92 Å². The smallest absolute Gasteiger partial charge is 0.217 e. The van der Waals surface area contributed by atoms with Gasteiger partial charge in [0.25, 0.3) is 0 Å². The number of halogens is 1. The molecule has 0 aliphatic carbocycles. The largest absolute Gasteiger partial charge is 0.397 e. The summed E-state index contributed by atoms with van der Waals surface area (Å²) in [4.78, 5) is 10.6. The highest BCUT2D eigenvalue weighted by Crippen LogP contribution is 2.24. The van der Waals surface area contributed by atoms with E-state index in [0.29, 0.717) is 17.3 Å². The number of amides is 1. The second-order valence-corrected chi connectivity index (χ2v) is 3.98. The predicted octanol–water partition coefficient (Wildman–Crippen LogP) is 2.38. The van der Waals surface area contributed by atoms with Gasteiger partial charge in [0.15, 0.2) is 0 Å². The van der Waals surface area contributed by atoms with Crippen LogP contribution in [0.1, 0.15) is 18.1 Å². The number of hydrogen-bond donors (Lipinski definition) is 2. The monoisotopic (exact) mass is 238 g/mol. The summed E-state index contributed by atoms with van der Waals surface area (Å²) >= 11 is 5.95. The van der Waals surface area contributed by atoms with Crippen LogP contribution in [0.25, 0.3) is 6.08 Å². The van der Waals surface area contributed by atoms with E-state index in [2.05, 4.69) is 5.32 Å². The van der Waals surface area contributed by atoms with Crippen LogP contribution in [0.3, 0.4) is 0 Å². The number of benzene rings is 1. The van der Waals surface area contributed by atoms with Crippen LogP contribution in [0.15, 0.2) is 18.2 Å². The van der Waals surface area contributed by atoms with Crippen LogP contribution in [0.5, 0.6) is 0 Å². The van der Waals surface area contributed by atoms with Crippen molar-refractivity contribution in [1.29, 1.82) is 0 Å². The number of nitrogens with one attached hydrogen (secondary N) is 1. The molecule has 0 atom stereocenters. The minimum Gasteiger partial charge on any atom is -0.397 e. The third kappa shape index (κ3) is 3.59. The van der Waals surface area contributed by atoms with Gasteiger partial charge in [0.2, 0.25) is 5.91 Å². The van der Waals surface area contributed by atoms with Crippen molar-refractivity contribution in [2.45, 2.75) is 13.8 Å². The van der Waals surface area contributed by atoms with Gasteiger partial charge in [0.1, 0.15) is 0 Å². The Bertz CT molecular complexity index is 404. The van der Waals surface area contributed by atoms with Gasteiger partial charge >= 0.3 is 0 Å². The van der Waals surface area contributed by atoms with Gasteiger partial charge in [-0.25, -0.2) is 0 Å². The first-order chi connectivity index (χ1) is 7.50. The number of carbonyl (C=O) groups excluding carboxylic acids is 1. The molecule has 1 aromatic rings. The number of anilines is 1. The minimum atomic E-state index is -0.0452. The zero-order valence-electron chi connectivity index (χ0n) is 9.38. The number of carbonyl (C=O) groups is 1. The highest BCUT2D eigenvalue weighted by molar-refractivity contribution is 6.33. The van der Waals surface area contributed by atoms with Gasteiger partial charge in [0.05, 0.1) is 10.7 Å². The van der Waals surface area contributed by atoms with Crippen LogP contribution in [0.2, 0.25) is 5.02 Å². The molecule has 0 aliphatic heterocycles. The summed E-state index contributed by atoms with van der Waals surface area (Å²) in [6.07, 6.45) is 3.76. The SMILES string of the molecule is CC(=O)NCC=Cc1cc(C)c(N)c(Cl)c1. The average Bonchev–Trinajstić information content (AvgIpc) is 2.20. The summed E-state index contributed by atoms with van der Waals surface area (Å²) in [5.41, 5.74) is 8.27. The zero-order valence-corrected chi connectivity index (χ0v) is 10.1. The summed E-state index contributed by atoms with van der Waals surface area (Å²) in [5, 5.41) is 3.23. The normalized spacial score (nSPS) is 10.7. The molecule has 0 aromatic heterocycles. The molecule has 0 saturated carbocycles. The maximum atomic E-state index is 10.6. The number of rotatable bonds is 3. The second kappa shape index (κ2) is 5.56. The van der Waals surface area contributed by atoms with E-state index in [1.807, 2.05) is 25.1 Å². The maximum absolute atomic E-state index is 10.6. The summed E-state index contributed by atoms with van der Waals surface area (Å²) < 4.78 is 0. The van der Waals surface area contributed by atoms with Gasteiger partial charge in [0, 0.05) is 13.5 Å². The molecule has 1 amide bonds. The van der Waals surface area contributed by atoms with E-state index in [1.54, 1.807) is 6.07 Å². The Labute approximate surface area is 100 Å². The molecule has 0 bridgehead atoms. The minimum absolute atomic E-state index is 0.0452. The standard InChI is InChI=1S/C12H15ClN2O/c1-8-6-10(7-11(13)12(8)14)4-3-5-15-9(2)16/h3-4,6-7H,5,14H2,1-2H3,(H,15,16). The molecule has 3 nitrogen and oxygen atoms in total. The molecular weight excluding hydrogens is 224 g/mol. The van der Waals surface area contributed by atoms with Crippen molar-refractivity contribution >= 4 is 29.3 Å². The third-order valence-corrected chi connectivity index (χ3v) is 2.45. The van der Waals surface area contributed by atoms with Crippen LogP contribution in [-0.2, 0) is 4.79 Å². The van der Waals surface area contributed by atoms with Crippen molar-refractivity contribution in [2.75, 3.05) is 12.3 Å². The van der Waals surface area contributed by atoms with Crippen molar-refractivity contribution in [3.8, 4) is 0 Å². The van der Waals surface area contributed by atoms with Crippen LogP contribution in [-0.4, -0.2) is 12.5 Å². The van der Waals surface area contributed by atoms with Crippen molar-refractivity contribution in [1.82, 2.24) is 5.32 Å². The first kappa shape index (κ1) is 12.6. The lowest BCUT2D eigenvalue weighted by Crippen LogP contribution is -2.19. The molecule has 0 unspecified atom stereocenters. The Morgan fingerprint density at radius 1 is 1.56 bits per heavy atom. The fourth-order valence-electron chi connectivity index (χ4n) is 1.28. The molecule has 1 aromatic carbocycles. The number of aryl methyl sites for hydroxylation is 1. The predicted molar refractivity (Wildman–Crippen MR) is 68.3 cm³/mol. The van der Waals surface area contributed by atoms with Crippen molar-refractivity contribution < 1.29 is 4.79 Å². The molecule has 16 heavy (non-hydrogen) atoms. The first-order valence-corrected chi connectivity index (χ1v) is 5.35. The fraction of sp³-hybridized carbons (Fsp3) is 0.250. The Morgan fingerprint density at radius 2 is 2.25 bits per heavy atom. The summed E-state index contributed by atoms with van der Waals surface area (Å²) in [6, 6.07) is 3.75. The highest BCUT2D eigenvalue weighted by Gasteiger charge is 2.00. The molecule has 3 N–H and O–H groups in total. The number of nitrogen functional groups attached to an aromatic ring is 1. The van der Waals surface area contributed by atoms with E-state index in [9.17, 15) is 4.79 Å². The summed E-state index contributed by atoms with van der Waals surface area (Å²) in [6.45, 7) is 3.90. The summed E-state index contributed by atoms with van der Waals surface area (Å²) in [5.74, 6) is -0.0452. The van der Waals surface area contributed by atoms with Gasteiger partial charge in [-0.3, -0.25) is 4.79 Å². The van der Waals surface area contributed by atoms with Crippen molar-refractivity contribution in [2.24, 2.45) is 0 Å². The molecule has 0 fully saturated rings. The van der Waals surface area contributed by atoms with E-state index in [0.717, 1.165) is 11.1 Å². The van der Waals surface area contributed by atoms with Crippen molar-refractivity contribution in [3.05, 3.63) is 34.4 Å². The first-order valence-electron chi connectivity index (χ1n) is 4.97. The lowest BCUT2D eigenvalue weighted by Gasteiger charge is -2.04. The molecule has 4 heteroatoms. The fourth-order valence-corrected chi connectivity index (χ4v) is 1.55. The van der Waals surface area contributed by atoms with Gasteiger partial charge in [-0.1, -0.05) is 23.8 Å². The molecule has 0 heterocycles. The molecule has 86 valence electrons. The summed E-state index contributed by atoms with van der Waals surface area (Å²) in [7, 11) is 0. The molecular formula is C12H15ClN2O. The average molecular weight is 239 g/mol. The second-order valence-electron chi connectivity index (χ2n) is 3.57. The van der Waals surface area contributed by atoms with E-state index < -0.39 is 0 Å². The Hall–Kier alpha value is -1.48. The van der Waals surface area contributed by atoms with Gasteiger partial charge in [-0.05, 0) is 30.2 Å². The van der Waals surface area contributed by atoms with E-state index in [4.69, 9.17) is 17.3 Å². The maximum Gasteiger partial charge on any atom is 0.217 e. The molecule has 0 spiro atoms. The van der Waals surface area contributed by atoms with Crippen LogP contribution in [0, 0.1) is 6.92 Å². The van der Waals surface area contributed by atoms with Crippen LogP contribution < -0.4 is 11.1 Å². The van der Waals surface area contributed by atoms with Gasteiger partial charge < -0.3 is 11.1 Å². The van der Waals surface area contributed by atoms with Gasteiger partial charge in [-0.2, -0.15) is 0 Å². The third-order valence-electron chi connectivity index (χ3n) is 2.14. The molecule has 0 aliphatic rings.